The van der Waals surface area contributed by atoms with Crippen molar-refractivity contribution in [2.45, 2.75) is 130 Å². The molecule has 0 atom stereocenters. The van der Waals surface area contributed by atoms with E-state index in [0.29, 0.717) is 38.0 Å². The number of hydrogen-bond donors (Lipinski definition) is 17. The van der Waals surface area contributed by atoms with Gasteiger partial charge in [-0.3, -0.25) is 58.1 Å². The number of nitrogens with zero attached hydrogens (tertiary/aromatic N) is 3. The van der Waals surface area contributed by atoms with Crippen molar-refractivity contribution in [2.75, 3.05) is 152 Å². The summed E-state index contributed by atoms with van der Waals surface area (Å²) >= 11 is 74.3. The zero-order valence-electron chi connectivity index (χ0n) is 65.9. The van der Waals surface area contributed by atoms with Gasteiger partial charge in [0, 0.05) is 89.3 Å². The van der Waals surface area contributed by atoms with Gasteiger partial charge in [-0.1, -0.05) is 36.9 Å². The fraction of sp³-hybridized carbons (Fsp3) is 0.620. The van der Waals surface area contributed by atoms with Crippen LogP contribution in [0.25, 0.3) is 0 Å². The van der Waals surface area contributed by atoms with Gasteiger partial charge >= 0.3 is 76.8 Å². The second-order valence-electron chi connectivity index (χ2n) is 23.5. The van der Waals surface area contributed by atoms with Gasteiger partial charge in [-0.05, 0) is 109 Å². The summed E-state index contributed by atoms with van der Waals surface area (Å²) in [6.45, 7) is 0.832. The second-order valence-corrected chi connectivity index (χ2v) is 35.1. The van der Waals surface area contributed by atoms with Crippen LogP contribution in [0.3, 0.4) is 0 Å². The maximum atomic E-state index is 12.8. The van der Waals surface area contributed by atoms with Crippen molar-refractivity contribution in [1.82, 2.24) is 23.9 Å². The SMILES string of the molecule is CCC(COC(=O)CCS)(COC(=O)CCS)COC(=O)CCS.CCCC(=O)OCCn1c(=O)n(CCOC(=O)CCS)c(=O)n(CCOC(=O)CCS)c1=O.O=C(CCS)OCC(COC(=O)CCS)(COC(=O)CCS)COC(=O)CCS.S=c1[nH][nH]c(=S)s1.SCCS.SCCSCCS.Sc1ccc(Sc2ccc(S)cc2)cc1. The van der Waals surface area contributed by atoms with Crippen LogP contribution >= 0.6 is 249 Å². The normalized spacial score (nSPS) is 10.5. The third kappa shape index (κ3) is 64.0. The number of aromatic nitrogens is 5. The smallest absolute Gasteiger partial charge is 0.336 e. The Hall–Kier alpha value is -2.50. The minimum Gasteiger partial charge on any atom is -0.465 e. The summed E-state index contributed by atoms with van der Waals surface area (Å²) in [5.74, 6) is 3.98. The first-order chi connectivity index (χ1) is 56.9. The van der Waals surface area contributed by atoms with Crippen molar-refractivity contribution in [3.05, 3.63) is 87.9 Å². The van der Waals surface area contributed by atoms with E-state index in [0.717, 1.165) is 58.0 Å². The molecule has 28 nitrogen and oxygen atoms in total. The van der Waals surface area contributed by atoms with E-state index in [1.165, 1.54) is 21.1 Å². The van der Waals surface area contributed by atoms with Crippen molar-refractivity contribution in [1.29, 1.82) is 0 Å². The molecular weight excluding hydrogens is 1930 g/mol. The van der Waals surface area contributed by atoms with Gasteiger partial charge in [0.1, 0.15) is 71.5 Å². The molecule has 0 spiro atoms. The number of carbonyl (C=O) groups excluding carboxylic acids is 10. The highest BCUT2D eigenvalue weighted by atomic mass is 32.2. The summed E-state index contributed by atoms with van der Waals surface area (Å²) in [4.78, 5) is 159. The van der Waals surface area contributed by atoms with Crippen molar-refractivity contribution < 1.29 is 95.3 Å². The average Bonchev–Trinajstić information content (AvgIpc) is 0.986. The molecule has 0 radical (unpaired) electrons. The fourth-order valence-corrected chi connectivity index (χ4v) is 12.8. The van der Waals surface area contributed by atoms with Crippen molar-refractivity contribution in [2.24, 2.45) is 10.8 Å². The Labute approximate surface area is 800 Å². The molecule has 2 N–H and O–H groups in total. The molecule has 2 aromatic carbocycles. The monoisotopic (exact) mass is 2040 g/mol. The second kappa shape index (κ2) is 78.9. The van der Waals surface area contributed by atoms with Gasteiger partial charge in [0.05, 0.1) is 82.8 Å². The van der Waals surface area contributed by atoms with E-state index in [9.17, 15) is 62.3 Å². The maximum absolute atomic E-state index is 12.8. The van der Waals surface area contributed by atoms with Crippen LogP contribution < -0.4 is 17.1 Å². The Bertz CT molecular complexity index is 3420. The van der Waals surface area contributed by atoms with E-state index in [2.05, 4.69) is 224 Å². The van der Waals surface area contributed by atoms with Crippen LogP contribution in [0.1, 0.15) is 90.9 Å². The number of H-pyrrole nitrogens is 2. The number of benzene rings is 2. The number of ether oxygens (including phenoxy) is 10. The zero-order valence-corrected chi connectivity index (χ0v) is 83.4. The zero-order chi connectivity index (χ0) is 90.2. The number of carbonyl (C=O) groups is 10. The number of rotatable bonds is 51. The molecule has 0 aliphatic rings. The summed E-state index contributed by atoms with van der Waals surface area (Å²) in [5, 5.41) is 5.34. The average molecular weight is 2040 g/mol. The molecule has 4 rings (SSSR count). The van der Waals surface area contributed by atoms with Crippen molar-refractivity contribution in [3.8, 4) is 0 Å². The number of esters is 10. The largest absolute Gasteiger partial charge is 0.465 e. The molecule has 0 fully saturated rings. The Morgan fingerprint density at radius 3 is 0.765 bits per heavy atom. The van der Waals surface area contributed by atoms with E-state index < -0.39 is 87.6 Å². The van der Waals surface area contributed by atoms with Crippen LogP contribution in [0, 0.1) is 18.7 Å². The van der Waals surface area contributed by atoms with E-state index in [1.54, 1.807) is 18.7 Å². The molecule has 119 heavy (non-hydrogen) atoms. The van der Waals surface area contributed by atoms with Crippen LogP contribution in [0.2, 0.25) is 0 Å². The van der Waals surface area contributed by atoms with Gasteiger partial charge in [0.25, 0.3) is 0 Å². The summed E-state index contributed by atoms with van der Waals surface area (Å²) in [6, 6.07) is 16.3. The Kier molecular flexibility index (Phi) is 80.0. The number of aromatic amines is 2. The van der Waals surface area contributed by atoms with E-state index in [-0.39, 0.29) is 184 Å². The number of thioether (sulfide) groups is 1. The lowest BCUT2D eigenvalue weighted by Gasteiger charge is -2.31. The highest BCUT2D eigenvalue weighted by molar-refractivity contribution is 8.00. The molecule has 4 aromatic rings. The fourth-order valence-electron chi connectivity index (χ4n) is 7.71. The molecule has 0 saturated carbocycles. The molecule has 0 amide bonds. The van der Waals surface area contributed by atoms with Crippen LogP contribution in [-0.2, 0) is 115 Å². The molecule has 0 bridgehead atoms. The minimum atomic E-state index is -1.25. The summed E-state index contributed by atoms with van der Waals surface area (Å²) < 4.78 is 55.1. The topological polar surface area (TPSA) is 361 Å². The lowest BCUT2D eigenvalue weighted by molar-refractivity contribution is -0.171. The summed E-state index contributed by atoms with van der Waals surface area (Å²) in [6.07, 6.45) is 2.20. The van der Waals surface area contributed by atoms with Crippen LogP contribution in [0.5, 0.6) is 0 Å². The Morgan fingerprint density at radius 1 is 0.345 bits per heavy atom. The minimum absolute atomic E-state index is 0.00157. The van der Waals surface area contributed by atoms with Gasteiger partial charge in [0.15, 0.2) is 7.91 Å². The van der Waals surface area contributed by atoms with Gasteiger partial charge in [-0.2, -0.15) is 176 Å². The van der Waals surface area contributed by atoms with Gasteiger partial charge in [-0.15, -0.1) is 25.3 Å². The molecule has 0 aliphatic heterocycles. The van der Waals surface area contributed by atoms with E-state index >= 15 is 0 Å². The predicted molar refractivity (Wildman–Crippen MR) is 524 cm³/mol. The number of thiol groups is 15. The van der Waals surface area contributed by atoms with Gasteiger partial charge < -0.3 is 47.4 Å². The van der Waals surface area contributed by atoms with Gasteiger partial charge in [-0.25, -0.2) is 28.1 Å². The lowest BCUT2D eigenvalue weighted by atomic mass is 9.88. The third-order valence-corrected chi connectivity index (χ3v) is 21.6. The Morgan fingerprint density at radius 2 is 0.571 bits per heavy atom. The molecule has 678 valence electrons. The quantitative estimate of drug-likeness (QED) is 0.00642. The van der Waals surface area contributed by atoms with Crippen LogP contribution in [-0.4, -0.2) is 236 Å². The standard InChI is InChI=1S/C19H29N3O9S2.C17H28O8S4.C15H26O6S3.C12H10S3.C4H10S3.C2H2N2S3.C2H6S2/c1-2-3-14(23)29-9-6-20-17(26)21(7-10-30-15(24)4-12-32)19(28)22(18(20)27)8-11-31-16(25)5-13-33;18-13(1-5-26)22-9-17(10-23-14(19)2-6-27,11-24-15(20)3-7-28)12-25-16(21)4-8-29;1-2-15(9-19-12(16)3-6-22,10-20-13(17)4-7-23)11-21-14(18)5-8-24;13-9-1-5-11(6-2-9)15-12-7-3-10(14)4-8-12;5-1-3-7-4-2-6;5-1-3-4-2(6)7-1;3-1-2-4/h32-33H,2-13H2,1H3;26-29H,1-12H2;22-24H,2-11H2,1H3;1-8,13-14H;5-6H,1-4H2;(H,3,5)(H,4,6);3-4H,1-2H2. The molecule has 2 heterocycles. The highest BCUT2D eigenvalue weighted by Gasteiger charge is 2.38. The molecule has 0 unspecified atom stereocenters. The van der Waals surface area contributed by atoms with E-state index in [4.69, 9.17) is 71.8 Å². The van der Waals surface area contributed by atoms with Crippen LogP contribution in [0.15, 0.2) is 82.5 Å². The lowest BCUT2D eigenvalue weighted by Crippen LogP contribution is -2.55. The maximum Gasteiger partial charge on any atom is 0.336 e. The Balaban J connectivity index is -0.00000143. The predicted octanol–water partition coefficient (Wildman–Crippen LogP) is 11.3. The summed E-state index contributed by atoms with van der Waals surface area (Å²) in [7, 11) is 0. The third-order valence-electron chi connectivity index (χ3n) is 13.9. The van der Waals surface area contributed by atoms with Gasteiger partial charge in [0.2, 0.25) is 0 Å². The molecular formula is C71H111N5O23S20. The van der Waals surface area contributed by atoms with E-state index in [1.807, 2.05) is 43.0 Å². The van der Waals surface area contributed by atoms with Crippen molar-refractivity contribution >= 4 is 308 Å². The highest BCUT2D eigenvalue weighted by Crippen LogP contribution is 2.30. The molecule has 0 saturated heterocycles. The van der Waals surface area contributed by atoms with Crippen molar-refractivity contribution in [3.63, 3.8) is 0 Å². The molecule has 0 aliphatic carbocycles. The first kappa shape index (κ1) is 121. The first-order valence-corrected chi connectivity index (χ1v) is 49.1. The molecule has 48 heteroatoms. The molecule has 2 aromatic heterocycles. The first-order valence-electron chi connectivity index (χ1n) is 36.4. The number of hydrogen-bond acceptors (Lipinski definition) is 43. The van der Waals surface area contributed by atoms with Crippen LogP contribution in [0.4, 0.5) is 0 Å². The summed E-state index contributed by atoms with van der Waals surface area (Å²) in [5.41, 5.74) is -4.85. The number of nitrogens with one attached hydrogen (secondary N) is 2.